The third-order valence-corrected chi connectivity index (χ3v) is 5.37. The molecule has 2 aromatic carbocycles. The number of ether oxygens (including phenoxy) is 1. The molecule has 29 heavy (non-hydrogen) atoms. The van der Waals surface area contributed by atoms with E-state index in [2.05, 4.69) is 22.3 Å². The molecule has 0 unspecified atom stereocenters. The minimum absolute atomic E-state index is 0.0313. The third-order valence-electron chi connectivity index (χ3n) is 5.37. The van der Waals surface area contributed by atoms with Crippen molar-refractivity contribution in [2.45, 2.75) is 0 Å². The number of carbonyl (C=O) groups is 2. The van der Waals surface area contributed by atoms with Gasteiger partial charge in [-0.2, -0.15) is 0 Å². The van der Waals surface area contributed by atoms with Gasteiger partial charge in [-0.05, 0) is 36.4 Å². The van der Waals surface area contributed by atoms with Crippen molar-refractivity contribution in [3.8, 4) is 0 Å². The van der Waals surface area contributed by atoms with Crippen LogP contribution in [0.25, 0.3) is 0 Å². The van der Waals surface area contributed by atoms with Crippen molar-refractivity contribution in [3.05, 3.63) is 60.2 Å². The van der Waals surface area contributed by atoms with Gasteiger partial charge >= 0.3 is 6.03 Å². The summed E-state index contributed by atoms with van der Waals surface area (Å²) in [4.78, 5) is 31.0. The Bertz CT molecular complexity index is 827. The van der Waals surface area contributed by atoms with Gasteiger partial charge in [0.25, 0.3) is 5.91 Å². The molecule has 0 aliphatic carbocycles. The van der Waals surface area contributed by atoms with Gasteiger partial charge in [-0.3, -0.25) is 4.79 Å². The normalized spacial score (nSPS) is 17.2. The molecule has 4 rings (SSSR count). The zero-order valence-corrected chi connectivity index (χ0v) is 16.4. The van der Waals surface area contributed by atoms with Gasteiger partial charge in [0.2, 0.25) is 0 Å². The number of benzene rings is 2. The second-order valence-electron chi connectivity index (χ2n) is 7.22. The Morgan fingerprint density at radius 3 is 2.07 bits per heavy atom. The minimum atomic E-state index is -0.135. The third kappa shape index (κ3) is 4.68. The lowest BCUT2D eigenvalue weighted by molar-refractivity contribution is 0.0564. The van der Waals surface area contributed by atoms with Gasteiger partial charge in [0.1, 0.15) is 0 Å². The van der Waals surface area contributed by atoms with Crippen LogP contribution in [-0.4, -0.2) is 74.2 Å². The fraction of sp³-hybridized carbons (Fsp3) is 0.364. The Hall–Kier alpha value is -3.06. The van der Waals surface area contributed by atoms with E-state index in [4.69, 9.17) is 4.74 Å². The van der Waals surface area contributed by atoms with Crippen LogP contribution in [0.4, 0.5) is 16.2 Å². The molecule has 2 aromatic rings. The van der Waals surface area contributed by atoms with Gasteiger partial charge in [-0.1, -0.05) is 18.2 Å². The molecular formula is C22H26N4O3. The van der Waals surface area contributed by atoms with Crippen LogP contribution in [0.1, 0.15) is 10.4 Å². The topological polar surface area (TPSA) is 65.1 Å². The van der Waals surface area contributed by atoms with Crippen molar-refractivity contribution in [1.82, 2.24) is 9.80 Å². The summed E-state index contributed by atoms with van der Waals surface area (Å²) in [6.45, 7) is 5.37. The molecule has 2 aliphatic heterocycles. The Morgan fingerprint density at radius 1 is 0.759 bits per heavy atom. The quantitative estimate of drug-likeness (QED) is 0.869. The monoisotopic (exact) mass is 394 g/mol. The van der Waals surface area contributed by atoms with Crippen LogP contribution in [0, 0.1) is 0 Å². The van der Waals surface area contributed by atoms with Crippen LogP contribution in [0.3, 0.4) is 0 Å². The molecule has 0 radical (unpaired) electrons. The summed E-state index contributed by atoms with van der Waals surface area (Å²) in [5, 5.41) is 2.88. The number of piperazine rings is 1. The largest absolute Gasteiger partial charge is 0.378 e. The summed E-state index contributed by atoms with van der Waals surface area (Å²) in [6, 6.07) is 17.3. The Balaban J connectivity index is 1.31. The maximum Gasteiger partial charge on any atom is 0.321 e. The van der Waals surface area contributed by atoms with E-state index in [1.54, 1.807) is 29.2 Å². The van der Waals surface area contributed by atoms with Crippen molar-refractivity contribution in [2.75, 3.05) is 62.7 Å². The first-order chi connectivity index (χ1) is 14.2. The van der Waals surface area contributed by atoms with Gasteiger partial charge in [-0.25, -0.2) is 4.79 Å². The molecule has 0 atom stereocenters. The van der Waals surface area contributed by atoms with E-state index in [0.29, 0.717) is 50.6 Å². The number of nitrogens with zero attached hydrogens (tertiary/aromatic N) is 3. The van der Waals surface area contributed by atoms with E-state index in [0.717, 1.165) is 13.1 Å². The molecule has 2 fully saturated rings. The van der Waals surface area contributed by atoms with E-state index in [1.165, 1.54) is 5.69 Å². The average Bonchev–Trinajstić information content (AvgIpc) is 2.80. The van der Waals surface area contributed by atoms with Gasteiger partial charge in [0.05, 0.1) is 13.2 Å². The summed E-state index contributed by atoms with van der Waals surface area (Å²) in [5.41, 5.74) is 2.52. The second kappa shape index (κ2) is 8.96. The number of amides is 3. The molecule has 2 aliphatic rings. The van der Waals surface area contributed by atoms with Gasteiger partial charge in [0, 0.05) is 56.2 Å². The molecule has 0 aromatic heterocycles. The van der Waals surface area contributed by atoms with Gasteiger partial charge < -0.3 is 24.8 Å². The van der Waals surface area contributed by atoms with Crippen LogP contribution in [0.2, 0.25) is 0 Å². The maximum atomic E-state index is 12.8. The molecular weight excluding hydrogens is 368 g/mol. The number of carbonyl (C=O) groups excluding carboxylic acids is 2. The molecule has 0 saturated carbocycles. The van der Waals surface area contributed by atoms with Gasteiger partial charge in [0.15, 0.2) is 0 Å². The minimum Gasteiger partial charge on any atom is -0.378 e. The molecule has 0 bridgehead atoms. The average molecular weight is 394 g/mol. The zero-order chi connectivity index (χ0) is 20.1. The Kier molecular flexibility index (Phi) is 5.95. The summed E-state index contributed by atoms with van der Waals surface area (Å²) in [6.07, 6.45) is 0. The van der Waals surface area contributed by atoms with Crippen molar-refractivity contribution >= 4 is 23.3 Å². The van der Waals surface area contributed by atoms with Crippen LogP contribution in [-0.2, 0) is 4.74 Å². The van der Waals surface area contributed by atoms with Crippen LogP contribution >= 0.6 is 0 Å². The lowest BCUT2D eigenvalue weighted by atomic mass is 10.1. The van der Waals surface area contributed by atoms with E-state index < -0.39 is 0 Å². The number of para-hydroxylation sites is 1. The maximum absolute atomic E-state index is 12.8. The fourth-order valence-corrected chi connectivity index (χ4v) is 3.65. The SMILES string of the molecule is O=C(Nc1ccc(C(=O)N2CCN(c3ccccc3)CC2)cc1)N1CCOCC1. The molecule has 152 valence electrons. The number of rotatable bonds is 3. The highest BCUT2D eigenvalue weighted by Gasteiger charge is 2.22. The highest BCUT2D eigenvalue weighted by atomic mass is 16.5. The summed E-state index contributed by atoms with van der Waals surface area (Å²) < 4.78 is 5.26. The Labute approximate surface area is 170 Å². The van der Waals surface area contributed by atoms with Crippen molar-refractivity contribution in [2.24, 2.45) is 0 Å². The predicted molar refractivity (Wildman–Crippen MR) is 112 cm³/mol. The lowest BCUT2D eigenvalue weighted by Crippen LogP contribution is -2.48. The number of morpholine rings is 1. The van der Waals surface area contributed by atoms with Crippen LogP contribution in [0.15, 0.2) is 54.6 Å². The van der Waals surface area contributed by atoms with Crippen molar-refractivity contribution < 1.29 is 14.3 Å². The standard InChI is InChI=1S/C22H26N4O3/c27-21(25-12-10-24(11-13-25)20-4-2-1-3-5-20)18-6-8-19(9-7-18)23-22(28)26-14-16-29-17-15-26/h1-9H,10-17H2,(H,23,28). The van der Waals surface area contributed by atoms with Gasteiger partial charge in [-0.15, -0.1) is 0 Å². The van der Waals surface area contributed by atoms with Crippen molar-refractivity contribution in [1.29, 1.82) is 0 Å². The molecule has 3 amide bonds. The predicted octanol–water partition coefficient (Wildman–Crippen LogP) is 2.51. The van der Waals surface area contributed by atoms with Crippen LogP contribution < -0.4 is 10.2 Å². The molecule has 0 spiro atoms. The molecule has 7 heteroatoms. The first-order valence-electron chi connectivity index (χ1n) is 10.0. The fourth-order valence-electron chi connectivity index (χ4n) is 3.65. The molecule has 2 saturated heterocycles. The van der Waals surface area contributed by atoms with E-state index >= 15 is 0 Å². The smallest absolute Gasteiger partial charge is 0.321 e. The second-order valence-corrected chi connectivity index (χ2v) is 7.22. The van der Waals surface area contributed by atoms with E-state index in [-0.39, 0.29) is 11.9 Å². The first-order valence-corrected chi connectivity index (χ1v) is 10.0. The molecule has 2 heterocycles. The van der Waals surface area contributed by atoms with Crippen molar-refractivity contribution in [3.63, 3.8) is 0 Å². The number of hydrogen-bond donors (Lipinski definition) is 1. The van der Waals surface area contributed by atoms with E-state index in [1.807, 2.05) is 23.1 Å². The number of anilines is 2. The Morgan fingerprint density at radius 2 is 1.41 bits per heavy atom. The first kappa shape index (κ1) is 19.3. The highest BCUT2D eigenvalue weighted by Crippen LogP contribution is 2.18. The lowest BCUT2D eigenvalue weighted by Gasteiger charge is -2.36. The number of nitrogens with one attached hydrogen (secondary N) is 1. The zero-order valence-electron chi connectivity index (χ0n) is 16.4. The summed E-state index contributed by atoms with van der Waals surface area (Å²) >= 11 is 0. The number of urea groups is 1. The summed E-state index contributed by atoms with van der Waals surface area (Å²) in [5.74, 6) is 0.0313. The molecule has 7 nitrogen and oxygen atoms in total. The molecule has 1 N–H and O–H groups in total. The number of hydrogen-bond acceptors (Lipinski definition) is 4. The van der Waals surface area contributed by atoms with E-state index in [9.17, 15) is 9.59 Å². The summed E-state index contributed by atoms with van der Waals surface area (Å²) in [7, 11) is 0. The van der Waals surface area contributed by atoms with Crippen LogP contribution in [0.5, 0.6) is 0 Å². The highest BCUT2D eigenvalue weighted by molar-refractivity contribution is 5.95.